The molecule has 0 aliphatic rings. The highest BCUT2D eigenvalue weighted by Gasteiger charge is 2.02. The van der Waals surface area contributed by atoms with Crippen LogP contribution in [0.5, 0.6) is 0 Å². The fourth-order valence-corrected chi connectivity index (χ4v) is 0.934. The Balaban J connectivity index is 2.72. The van der Waals surface area contributed by atoms with E-state index in [-0.39, 0.29) is 18.4 Å². The number of nitrogen functional groups attached to an aromatic ring is 1. The molecule has 0 bridgehead atoms. The average Bonchev–Trinajstić information content (AvgIpc) is 2.02. The molecule has 13 heavy (non-hydrogen) atoms. The van der Waals surface area contributed by atoms with E-state index < -0.39 is 0 Å². The third kappa shape index (κ3) is 2.91. The zero-order valence-corrected chi connectivity index (χ0v) is 7.84. The molecule has 0 radical (unpaired) electrons. The van der Waals surface area contributed by atoms with Crippen LogP contribution < -0.4 is 5.73 Å². The van der Waals surface area contributed by atoms with Gasteiger partial charge in [-0.1, -0.05) is 11.6 Å². The molecule has 0 fully saturated rings. The van der Waals surface area contributed by atoms with Crippen LogP contribution in [0.15, 0.2) is 12.1 Å². The maximum atomic E-state index is 10.5. The second-order valence-electron chi connectivity index (χ2n) is 2.46. The fraction of sp³-hybridized carbons (Fsp3) is 0.250. The minimum Gasteiger partial charge on any atom is -0.461 e. The van der Waals surface area contributed by atoms with Gasteiger partial charge in [0.05, 0.1) is 0 Å². The number of hydrogen-bond acceptors (Lipinski definition) is 4. The summed E-state index contributed by atoms with van der Waals surface area (Å²) in [6.07, 6.45) is 0. The van der Waals surface area contributed by atoms with E-state index in [2.05, 4.69) is 4.98 Å². The first-order chi connectivity index (χ1) is 6.09. The number of aromatic nitrogens is 1. The van der Waals surface area contributed by atoms with Gasteiger partial charge >= 0.3 is 5.97 Å². The first-order valence-corrected chi connectivity index (χ1v) is 4.01. The first kappa shape index (κ1) is 9.80. The van der Waals surface area contributed by atoms with Gasteiger partial charge in [0.2, 0.25) is 0 Å². The molecule has 1 rings (SSSR count). The highest BCUT2D eigenvalue weighted by Crippen LogP contribution is 2.13. The zero-order valence-electron chi connectivity index (χ0n) is 7.08. The second-order valence-corrected chi connectivity index (χ2v) is 2.85. The van der Waals surface area contributed by atoms with Crippen molar-refractivity contribution in [1.29, 1.82) is 0 Å². The van der Waals surface area contributed by atoms with Crippen LogP contribution in [0.3, 0.4) is 0 Å². The molecule has 0 aromatic carbocycles. The Morgan fingerprint density at radius 1 is 1.69 bits per heavy atom. The Bertz CT molecular complexity index is 328. The van der Waals surface area contributed by atoms with E-state index in [0.717, 1.165) is 0 Å². The summed E-state index contributed by atoms with van der Waals surface area (Å²) in [5.74, 6) is -0.0666. The van der Waals surface area contributed by atoms with E-state index >= 15 is 0 Å². The number of halogens is 1. The Labute approximate surface area is 80.7 Å². The van der Waals surface area contributed by atoms with Gasteiger partial charge in [-0.2, -0.15) is 0 Å². The summed E-state index contributed by atoms with van der Waals surface area (Å²) < 4.78 is 4.75. The molecule has 1 aromatic rings. The van der Waals surface area contributed by atoms with E-state index in [1.54, 1.807) is 12.1 Å². The molecule has 0 spiro atoms. The molecule has 0 aliphatic heterocycles. The summed E-state index contributed by atoms with van der Waals surface area (Å²) in [4.78, 5) is 14.3. The smallest absolute Gasteiger partial charge is 0.302 e. The monoisotopic (exact) mass is 200 g/mol. The number of rotatable bonds is 2. The van der Waals surface area contributed by atoms with Crippen LogP contribution in [-0.4, -0.2) is 11.0 Å². The molecule has 0 aliphatic carbocycles. The Kier molecular flexibility index (Phi) is 3.08. The number of anilines is 1. The molecule has 0 amide bonds. The highest BCUT2D eigenvalue weighted by atomic mass is 35.5. The summed E-state index contributed by atoms with van der Waals surface area (Å²) in [7, 11) is 0. The maximum Gasteiger partial charge on any atom is 0.302 e. The number of nitrogens with two attached hydrogens (primary N) is 1. The summed E-state index contributed by atoms with van der Waals surface area (Å²) >= 11 is 5.58. The Morgan fingerprint density at radius 2 is 2.38 bits per heavy atom. The van der Waals surface area contributed by atoms with Crippen LogP contribution in [0.1, 0.15) is 12.5 Å². The van der Waals surface area contributed by atoms with Gasteiger partial charge in [-0.3, -0.25) is 4.79 Å². The van der Waals surface area contributed by atoms with Crippen LogP contribution in [0, 0.1) is 0 Å². The maximum absolute atomic E-state index is 10.5. The highest BCUT2D eigenvalue weighted by molar-refractivity contribution is 6.29. The summed E-state index contributed by atoms with van der Waals surface area (Å²) in [6.45, 7) is 1.46. The van der Waals surface area contributed by atoms with Gasteiger partial charge in [0, 0.05) is 12.5 Å². The van der Waals surface area contributed by atoms with Crippen molar-refractivity contribution in [2.24, 2.45) is 0 Å². The summed E-state index contributed by atoms with van der Waals surface area (Å²) in [5.41, 5.74) is 6.17. The van der Waals surface area contributed by atoms with Gasteiger partial charge in [0.15, 0.2) is 0 Å². The topological polar surface area (TPSA) is 65.2 Å². The predicted octanol–water partition coefficient (Wildman–Crippen LogP) is 1.38. The number of carbonyl (C=O) groups excluding carboxylic acids is 1. The molecule has 70 valence electrons. The Hall–Kier alpha value is -1.29. The number of ether oxygens (including phenoxy) is 1. The lowest BCUT2D eigenvalue weighted by atomic mass is 10.3. The van der Waals surface area contributed by atoms with Crippen molar-refractivity contribution in [1.82, 2.24) is 4.98 Å². The molecule has 0 unspecified atom stereocenters. The molecule has 0 saturated carbocycles. The quantitative estimate of drug-likeness (QED) is 0.579. The van der Waals surface area contributed by atoms with E-state index in [1.165, 1.54) is 6.92 Å². The van der Waals surface area contributed by atoms with E-state index in [9.17, 15) is 4.79 Å². The molecule has 5 heteroatoms. The Morgan fingerprint density at radius 3 is 2.92 bits per heavy atom. The van der Waals surface area contributed by atoms with Crippen molar-refractivity contribution in [3.63, 3.8) is 0 Å². The largest absolute Gasteiger partial charge is 0.461 e. The van der Waals surface area contributed by atoms with Crippen LogP contribution >= 0.6 is 11.6 Å². The number of esters is 1. The van der Waals surface area contributed by atoms with E-state index in [4.69, 9.17) is 22.1 Å². The molecule has 2 N–H and O–H groups in total. The van der Waals surface area contributed by atoms with Gasteiger partial charge in [0.1, 0.15) is 17.6 Å². The van der Waals surface area contributed by atoms with Crippen molar-refractivity contribution in [3.05, 3.63) is 22.8 Å². The molecule has 1 heterocycles. The van der Waals surface area contributed by atoms with Gasteiger partial charge in [-0.25, -0.2) is 4.98 Å². The van der Waals surface area contributed by atoms with E-state index in [1.807, 2.05) is 0 Å². The van der Waals surface area contributed by atoms with Gasteiger partial charge in [-0.15, -0.1) is 0 Å². The van der Waals surface area contributed by atoms with Crippen LogP contribution in [0.25, 0.3) is 0 Å². The standard InChI is InChI=1S/C8H9ClN2O2/c1-5(12)13-4-6-2-3-7(9)11-8(6)10/h2-3H,4H2,1H3,(H2,10,11). The van der Waals surface area contributed by atoms with Crippen molar-refractivity contribution >= 4 is 23.4 Å². The molecule has 4 nitrogen and oxygen atoms in total. The number of hydrogen-bond donors (Lipinski definition) is 1. The van der Waals surface area contributed by atoms with Crippen molar-refractivity contribution in [3.8, 4) is 0 Å². The minimum absolute atomic E-state index is 0.130. The predicted molar refractivity (Wildman–Crippen MR) is 49.1 cm³/mol. The molecule has 0 saturated heterocycles. The van der Waals surface area contributed by atoms with Crippen molar-refractivity contribution in [2.75, 3.05) is 5.73 Å². The van der Waals surface area contributed by atoms with Crippen LogP contribution in [0.2, 0.25) is 5.15 Å². The molecule has 0 atom stereocenters. The van der Waals surface area contributed by atoms with E-state index in [0.29, 0.717) is 10.7 Å². The van der Waals surface area contributed by atoms with Gasteiger partial charge in [-0.05, 0) is 12.1 Å². The van der Waals surface area contributed by atoms with Crippen molar-refractivity contribution < 1.29 is 9.53 Å². The lowest BCUT2D eigenvalue weighted by Gasteiger charge is -2.04. The molecular weight excluding hydrogens is 192 g/mol. The molecular formula is C8H9ClN2O2. The third-order valence-electron chi connectivity index (χ3n) is 1.41. The number of carbonyl (C=O) groups is 1. The SMILES string of the molecule is CC(=O)OCc1ccc(Cl)nc1N. The lowest BCUT2D eigenvalue weighted by Crippen LogP contribution is -2.03. The van der Waals surface area contributed by atoms with Gasteiger partial charge in [0.25, 0.3) is 0 Å². The zero-order chi connectivity index (χ0) is 9.84. The number of nitrogens with zero attached hydrogens (tertiary/aromatic N) is 1. The fourth-order valence-electron chi connectivity index (χ4n) is 0.780. The van der Waals surface area contributed by atoms with Gasteiger partial charge < -0.3 is 10.5 Å². The van der Waals surface area contributed by atoms with Crippen LogP contribution in [-0.2, 0) is 16.1 Å². The first-order valence-electron chi connectivity index (χ1n) is 3.64. The summed E-state index contributed by atoms with van der Waals surface area (Å²) in [5, 5.41) is 0.323. The number of pyridine rings is 1. The van der Waals surface area contributed by atoms with Crippen LogP contribution in [0.4, 0.5) is 5.82 Å². The normalized spacial score (nSPS) is 9.69. The molecule has 1 aromatic heterocycles. The minimum atomic E-state index is -0.352. The lowest BCUT2D eigenvalue weighted by molar-refractivity contribution is -0.142. The van der Waals surface area contributed by atoms with Crippen molar-refractivity contribution in [2.45, 2.75) is 13.5 Å². The second kappa shape index (κ2) is 4.09. The summed E-state index contributed by atoms with van der Waals surface area (Å²) in [6, 6.07) is 3.27. The average molecular weight is 201 g/mol. The third-order valence-corrected chi connectivity index (χ3v) is 1.62.